The van der Waals surface area contributed by atoms with Gasteiger partial charge in [0.1, 0.15) is 5.75 Å². The van der Waals surface area contributed by atoms with Gasteiger partial charge in [-0.05, 0) is 80.5 Å². The quantitative estimate of drug-likeness (QED) is 0.761. The van der Waals surface area contributed by atoms with Crippen LogP contribution in [0, 0.1) is 19.8 Å². The van der Waals surface area contributed by atoms with Crippen molar-refractivity contribution in [2.75, 3.05) is 7.11 Å². The maximum atomic E-state index is 13.2. The summed E-state index contributed by atoms with van der Waals surface area (Å²) in [7, 11) is 1.67. The van der Waals surface area contributed by atoms with Crippen LogP contribution in [-0.4, -0.2) is 24.0 Å². The van der Waals surface area contributed by atoms with E-state index in [2.05, 4.69) is 20.8 Å². The van der Waals surface area contributed by atoms with Gasteiger partial charge in [0.2, 0.25) is 0 Å². The molecule has 25 heavy (non-hydrogen) atoms. The van der Waals surface area contributed by atoms with Crippen molar-refractivity contribution in [3.05, 3.63) is 64.7 Å². The smallest absolute Gasteiger partial charge is 0.254 e. The van der Waals surface area contributed by atoms with Gasteiger partial charge in [-0.3, -0.25) is 4.79 Å². The minimum Gasteiger partial charge on any atom is -0.497 e. The molecule has 1 aliphatic carbocycles. The molecule has 0 aromatic heterocycles. The lowest BCUT2D eigenvalue weighted by Gasteiger charge is -2.30. The van der Waals surface area contributed by atoms with Crippen LogP contribution in [0.4, 0.5) is 0 Å². The summed E-state index contributed by atoms with van der Waals surface area (Å²) >= 11 is 0. The molecule has 1 aliphatic rings. The SMILES string of the molecule is COc1ccc(CN(C(=O)c2ccc(C)c(C)c2)C(C)C2CC2)cc1. The zero-order chi connectivity index (χ0) is 18.0. The van der Waals surface area contributed by atoms with Crippen LogP contribution in [0.1, 0.15) is 46.8 Å². The minimum atomic E-state index is 0.123. The zero-order valence-corrected chi connectivity index (χ0v) is 15.6. The van der Waals surface area contributed by atoms with Crippen LogP contribution in [0.2, 0.25) is 0 Å². The maximum Gasteiger partial charge on any atom is 0.254 e. The third-order valence-corrected chi connectivity index (χ3v) is 5.32. The third-order valence-electron chi connectivity index (χ3n) is 5.32. The second-order valence-corrected chi connectivity index (χ2v) is 7.16. The zero-order valence-electron chi connectivity index (χ0n) is 15.6. The van der Waals surface area contributed by atoms with Gasteiger partial charge in [0.25, 0.3) is 5.91 Å². The number of rotatable bonds is 6. The number of nitrogens with zero attached hydrogens (tertiary/aromatic N) is 1. The van der Waals surface area contributed by atoms with Gasteiger partial charge in [-0.25, -0.2) is 0 Å². The maximum absolute atomic E-state index is 13.2. The highest BCUT2D eigenvalue weighted by atomic mass is 16.5. The van der Waals surface area contributed by atoms with Gasteiger partial charge < -0.3 is 9.64 Å². The summed E-state index contributed by atoms with van der Waals surface area (Å²) in [5.74, 6) is 1.60. The summed E-state index contributed by atoms with van der Waals surface area (Å²) in [5.41, 5.74) is 4.29. The molecule has 0 spiro atoms. The number of carbonyl (C=O) groups is 1. The van der Waals surface area contributed by atoms with Crippen molar-refractivity contribution in [2.24, 2.45) is 5.92 Å². The summed E-state index contributed by atoms with van der Waals surface area (Å²) in [6.07, 6.45) is 2.45. The van der Waals surface area contributed by atoms with Crippen LogP contribution in [0.15, 0.2) is 42.5 Å². The molecule has 1 unspecified atom stereocenters. The van der Waals surface area contributed by atoms with Gasteiger partial charge in [-0.1, -0.05) is 18.2 Å². The van der Waals surface area contributed by atoms with Crippen molar-refractivity contribution in [3.8, 4) is 5.75 Å². The third kappa shape index (κ3) is 4.04. The molecule has 0 radical (unpaired) electrons. The average molecular weight is 337 g/mol. The molecule has 1 atom stereocenters. The molecule has 1 fully saturated rings. The predicted molar refractivity (Wildman–Crippen MR) is 101 cm³/mol. The van der Waals surface area contributed by atoms with Crippen molar-refractivity contribution < 1.29 is 9.53 Å². The highest BCUT2D eigenvalue weighted by Crippen LogP contribution is 2.36. The number of benzene rings is 2. The minimum absolute atomic E-state index is 0.123. The molecule has 2 aromatic carbocycles. The van der Waals surface area contributed by atoms with Crippen molar-refractivity contribution in [1.82, 2.24) is 4.90 Å². The van der Waals surface area contributed by atoms with Gasteiger partial charge in [0.05, 0.1) is 7.11 Å². The van der Waals surface area contributed by atoms with E-state index in [0.29, 0.717) is 12.5 Å². The fourth-order valence-electron chi connectivity index (χ4n) is 3.20. The molecule has 3 rings (SSSR count). The number of carbonyl (C=O) groups excluding carboxylic acids is 1. The molecular weight excluding hydrogens is 310 g/mol. The van der Waals surface area contributed by atoms with E-state index in [0.717, 1.165) is 22.4 Å². The lowest BCUT2D eigenvalue weighted by Crippen LogP contribution is -2.39. The predicted octanol–water partition coefficient (Wildman–Crippen LogP) is 4.75. The summed E-state index contributed by atoms with van der Waals surface area (Å²) in [6.45, 7) is 6.95. The Bertz CT molecular complexity index is 747. The Hall–Kier alpha value is -2.29. The van der Waals surface area contributed by atoms with Gasteiger partial charge in [0, 0.05) is 18.2 Å². The summed E-state index contributed by atoms with van der Waals surface area (Å²) in [6, 6.07) is 14.2. The molecule has 2 aromatic rings. The number of hydrogen-bond donors (Lipinski definition) is 0. The van der Waals surface area contributed by atoms with Crippen molar-refractivity contribution in [1.29, 1.82) is 0 Å². The highest BCUT2D eigenvalue weighted by molar-refractivity contribution is 5.94. The molecule has 0 heterocycles. The highest BCUT2D eigenvalue weighted by Gasteiger charge is 2.34. The Kier molecular flexibility index (Phi) is 5.12. The topological polar surface area (TPSA) is 29.5 Å². The Balaban J connectivity index is 1.85. The van der Waals surface area contributed by atoms with Crippen LogP contribution in [0.25, 0.3) is 0 Å². The number of amides is 1. The first-order valence-corrected chi connectivity index (χ1v) is 9.00. The lowest BCUT2D eigenvalue weighted by molar-refractivity contribution is 0.0654. The fraction of sp³-hybridized carbons (Fsp3) is 0.409. The standard InChI is InChI=1S/C22H27NO2/c1-15-5-8-20(13-16(15)2)22(24)23(17(3)19-9-10-19)14-18-6-11-21(25-4)12-7-18/h5-8,11-13,17,19H,9-10,14H2,1-4H3. The van der Waals surface area contributed by atoms with E-state index in [-0.39, 0.29) is 11.9 Å². The Morgan fingerprint density at radius 1 is 1.12 bits per heavy atom. The van der Waals surface area contributed by atoms with E-state index < -0.39 is 0 Å². The van der Waals surface area contributed by atoms with Gasteiger partial charge in [-0.15, -0.1) is 0 Å². The monoisotopic (exact) mass is 337 g/mol. The summed E-state index contributed by atoms with van der Waals surface area (Å²) in [4.78, 5) is 15.2. The second kappa shape index (κ2) is 7.30. The van der Waals surface area contributed by atoms with Crippen molar-refractivity contribution in [3.63, 3.8) is 0 Å². The normalized spacial score (nSPS) is 14.9. The fourth-order valence-corrected chi connectivity index (χ4v) is 3.20. The second-order valence-electron chi connectivity index (χ2n) is 7.16. The number of methoxy groups -OCH3 is 1. The van der Waals surface area contributed by atoms with E-state index in [9.17, 15) is 4.79 Å². The molecule has 0 aliphatic heterocycles. The first-order chi connectivity index (χ1) is 12.0. The molecule has 1 saturated carbocycles. The molecule has 0 bridgehead atoms. The Morgan fingerprint density at radius 3 is 2.36 bits per heavy atom. The molecule has 3 heteroatoms. The lowest BCUT2D eigenvalue weighted by atomic mass is 10.0. The van der Waals surface area contributed by atoms with Gasteiger partial charge in [0.15, 0.2) is 0 Å². The van der Waals surface area contributed by atoms with E-state index in [1.807, 2.05) is 47.4 Å². The van der Waals surface area contributed by atoms with E-state index in [4.69, 9.17) is 4.74 Å². The van der Waals surface area contributed by atoms with Crippen LogP contribution in [0.5, 0.6) is 5.75 Å². The summed E-state index contributed by atoms with van der Waals surface area (Å²) < 4.78 is 5.23. The van der Waals surface area contributed by atoms with E-state index >= 15 is 0 Å². The van der Waals surface area contributed by atoms with Crippen LogP contribution in [-0.2, 0) is 6.54 Å². The summed E-state index contributed by atoms with van der Waals surface area (Å²) in [5, 5.41) is 0. The van der Waals surface area contributed by atoms with Crippen LogP contribution < -0.4 is 4.74 Å². The number of aryl methyl sites for hydroxylation is 2. The molecule has 132 valence electrons. The molecule has 1 amide bonds. The van der Waals surface area contributed by atoms with Gasteiger partial charge >= 0.3 is 0 Å². The molecule has 0 N–H and O–H groups in total. The van der Waals surface area contributed by atoms with E-state index in [1.165, 1.54) is 18.4 Å². The average Bonchev–Trinajstić information content (AvgIpc) is 3.46. The van der Waals surface area contributed by atoms with Gasteiger partial charge in [-0.2, -0.15) is 0 Å². The van der Waals surface area contributed by atoms with Crippen LogP contribution >= 0.6 is 0 Å². The molecule has 0 saturated heterocycles. The van der Waals surface area contributed by atoms with Crippen molar-refractivity contribution >= 4 is 5.91 Å². The largest absolute Gasteiger partial charge is 0.497 e. The van der Waals surface area contributed by atoms with Crippen molar-refractivity contribution in [2.45, 2.75) is 46.2 Å². The van der Waals surface area contributed by atoms with E-state index in [1.54, 1.807) is 7.11 Å². The Morgan fingerprint density at radius 2 is 1.80 bits per heavy atom. The number of hydrogen-bond acceptors (Lipinski definition) is 2. The Labute approximate surface area is 150 Å². The van der Waals surface area contributed by atoms with Crippen LogP contribution in [0.3, 0.4) is 0 Å². The molecule has 3 nitrogen and oxygen atoms in total. The molecular formula is C22H27NO2. The first-order valence-electron chi connectivity index (χ1n) is 9.00. The first kappa shape index (κ1) is 17.5. The number of ether oxygens (including phenoxy) is 1.